The Morgan fingerprint density at radius 3 is 2.60 bits per heavy atom. The van der Waals surface area contributed by atoms with Crippen LogP contribution >= 0.6 is 0 Å². The average Bonchev–Trinajstić information content (AvgIpc) is 3.46. The first-order valence-electron chi connectivity index (χ1n) is 8.79. The van der Waals surface area contributed by atoms with Crippen LogP contribution in [0.3, 0.4) is 0 Å². The maximum atomic E-state index is 12.2. The molecule has 3 N–H and O–H groups in total. The van der Waals surface area contributed by atoms with Crippen LogP contribution in [0.25, 0.3) is 0 Å². The molecule has 2 aliphatic rings. The van der Waals surface area contributed by atoms with Crippen LogP contribution < -0.4 is 16.0 Å². The van der Waals surface area contributed by atoms with E-state index in [9.17, 15) is 14.9 Å². The highest BCUT2D eigenvalue weighted by Gasteiger charge is 2.42. The van der Waals surface area contributed by atoms with Gasteiger partial charge in [-0.05, 0) is 63.1 Å². The lowest BCUT2D eigenvalue weighted by Crippen LogP contribution is -2.48. The zero-order valence-corrected chi connectivity index (χ0v) is 14.7. The molecule has 1 unspecified atom stereocenters. The molecule has 3 rings (SSSR count). The summed E-state index contributed by atoms with van der Waals surface area (Å²) in [5.41, 5.74) is 1.50. The molecule has 2 fully saturated rings. The molecule has 0 radical (unpaired) electrons. The number of hydrogen-bond donors (Lipinski definition) is 3. The number of aryl methyl sites for hydroxylation is 1. The van der Waals surface area contributed by atoms with Gasteiger partial charge in [0.1, 0.15) is 5.54 Å². The summed E-state index contributed by atoms with van der Waals surface area (Å²) in [6.45, 7) is 3.77. The minimum atomic E-state index is -0.792. The van der Waals surface area contributed by atoms with Crippen molar-refractivity contribution in [3.05, 3.63) is 29.3 Å². The first-order valence-corrected chi connectivity index (χ1v) is 8.79. The highest BCUT2D eigenvalue weighted by molar-refractivity contribution is 5.96. The predicted molar refractivity (Wildman–Crippen MR) is 95.0 cm³/mol. The summed E-state index contributed by atoms with van der Waals surface area (Å²) in [6, 6.07) is 7.95. The van der Waals surface area contributed by atoms with Crippen molar-refractivity contribution < 1.29 is 9.59 Å². The number of nitrogens with one attached hydrogen (secondary N) is 3. The number of rotatable bonds is 7. The molecule has 2 amide bonds. The number of carbonyl (C=O) groups is 2. The topological polar surface area (TPSA) is 94.0 Å². The smallest absolute Gasteiger partial charge is 0.251 e. The van der Waals surface area contributed by atoms with E-state index in [1.807, 2.05) is 13.0 Å². The lowest BCUT2D eigenvalue weighted by Gasteiger charge is -2.23. The highest BCUT2D eigenvalue weighted by Crippen LogP contribution is 2.39. The Hall–Kier alpha value is -2.55. The third-order valence-electron chi connectivity index (χ3n) is 4.88. The lowest BCUT2D eigenvalue weighted by molar-refractivity contribution is -0.120. The van der Waals surface area contributed by atoms with Crippen molar-refractivity contribution in [2.45, 2.75) is 51.1 Å². The zero-order chi connectivity index (χ0) is 18.0. The molecule has 0 heterocycles. The summed E-state index contributed by atoms with van der Waals surface area (Å²) in [6.07, 6.45) is 4.05. The van der Waals surface area contributed by atoms with E-state index in [4.69, 9.17) is 0 Å². The van der Waals surface area contributed by atoms with Crippen LogP contribution in [0.1, 0.15) is 48.5 Å². The first-order chi connectivity index (χ1) is 11.9. The van der Waals surface area contributed by atoms with Gasteiger partial charge < -0.3 is 16.0 Å². The monoisotopic (exact) mass is 340 g/mol. The number of nitriles is 1. The maximum Gasteiger partial charge on any atom is 0.251 e. The van der Waals surface area contributed by atoms with Gasteiger partial charge in [-0.25, -0.2) is 0 Å². The van der Waals surface area contributed by atoms with Crippen molar-refractivity contribution >= 4 is 17.5 Å². The van der Waals surface area contributed by atoms with E-state index < -0.39 is 5.54 Å². The van der Waals surface area contributed by atoms with E-state index in [0.29, 0.717) is 11.6 Å². The molecule has 132 valence electrons. The van der Waals surface area contributed by atoms with E-state index >= 15 is 0 Å². The molecule has 2 saturated carbocycles. The third-order valence-corrected chi connectivity index (χ3v) is 4.88. The molecule has 2 aliphatic carbocycles. The van der Waals surface area contributed by atoms with Crippen molar-refractivity contribution in [2.75, 3.05) is 11.9 Å². The predicted octanol–water partition coefficient (Wildman–Crippen LogP) is 2.11. The number of anilines is 1. The molecule has 0 spiro atoms. The van der Waals surface area contributed by atoms with E-state index in [-0.39, 0.29) is 24.3 Å². The van der Waals surface area contributed by atoms with Crippen LogP contribution in [0.2, 0.25) is 0 Å². The summed E-state index contributed by atoms with van der Waals surface area (Å²) < 4.78 is 0. The van der Waals surface area contributed by atoms with Crippen LogP contribution in [0.5, 0.6) is 0 Å². The molecule has 1 aromatic rings. The SMILES string of the molecule is Cc1ccc(C(=O)NC2CC2)cc1NCC(=O)NC(C)(C#N)C1CC1. The van der Waals surface area contributed by atoms with Crippen LogP contribution in [-0.2, 0) is 4.79 Å². The molecule has 0 aromatic heterocycles. The third kappa shape index (κ3) is 4.30. The summed E-state index contributed by atoms with van der Waals surface area (Å²) >= 11 is 0. The van der Waals surface area contributed by atoms with Crippen molar-refractivity contribution in [3.8, 4) is 6.07 Å². The van der Waals surface area contributed by atoms with Gasteiger partial charge in [0.2, 0.25) is 5.91 Å². The quantitative estimate of drug-likeness (QED) is 0.708. The maximum absolute atomic E-state index is 12.2. The Bertz CT molecular complexity index is 731. The lowest BCUT2D eigenvalue weighted by atomic mass is 9.98. The minimum Gasteiger partial charge on any atom is -0.376 e. The first kappa shape index (κ1) is 17.3. The summed E-state index contributed by atoms with van der Waals surface area (Å²) in [7, 11) is 0. The molecular weight excluding hydrogens is 316 g/mol. The van der Waals surface area contributed by atoms with Crippen molar-refractivity contribution in [2.24, 2.45) is 5.92 Å². The molecule has 0 saturated heterocycles. The Morgan fingerprint density at radius 2 is 2.00 bits per heavy atom. The molecule has 0 bridgehead atoms. The standard InChI is InChI=1S/C19H24N4O2/c1-12-3-4-13(18(25)22-15-7-8-15)9-16(12)21-10-17(24)23-19(2,11-20)14-5-6-14/h3-4,9,14-15,21H,5-8,10H2,1-2H3,(H,22,25)(H,23,24). The number of hydrogen-bond acceptors (Lipinski definition) is 4. The highest BCUT2D eigenvalue weighted by atomic mass is 16.2. The molecule has 1 aromatic carbocycles. The fourth-order valence-corrected chi connectivity index (χ4v) is 2.84. The largest absolute Gasteiger partial charge is 0.376 e. The number of nitrogens with zero attached hydrogens (tertiary/aromatic N) is 1. The second-order valence-corrected chi connectivity index (χ2v) is 7.27. The fourth-order valence-electron chi connectivity index (χ4n) is 2.84. The van der Waals surface area contributed by atoms with Crippen LogP contribution in [0.4, 0.5) is 5.69 Å². The van der Waals surface area contributed by atoms with E-state index in [1.165, 1.54) is 0 Å². The van der Waals surface area contributed by atoms with E-state index in [0.717, 1.165) is 36.9 Å². The van der Waals surface area contributed by atoms with E-state index in [1.54, 1.807) is 19.1 Å². The average molecular weight is 340 g/mol. The Labute approximate surface area is 148 Å². The number of amides is 2. The Kier molecular flexibility index (Phi) is 4.67. The number of carbonyl (C=O) groups excluding carboxylic acids is 2. The van der Waals surface area contributed by atoms with Crippen LogP contribution in [-0.4, -0.2) is 29.9 Å². The van der Waals surface area contributed by atoms with Crippen LogP contribution in [0, 0.1) is 24.2 Å². The normalized spacial score (nSPS) is 18.6. The van der Waals surface area contributed by atoms with Crippen molar-refractivity contribution in [3.63, 3.8) is 0 Å². The summed E-state index contributed by atoms with van der Waals surface area (Å²) in [4.78, 5) is 24.4. The van der Waals surface area contributed by atoms with Crippen molar-refractivity contribution in [1.29, 1.82) is 5.26 Å². The van der Waals surface area contributed by atoms with Gasteiger partial charge in [0.15, 0.2) is 0 Å². The summed E-state index contributed by atoms with van der Waals surface area (Å²) in [5.74, 6) is -0.0541. The Morgan fingerprint density at radius 1 is 1.28 bits per heavy atom. The molecular formula is C19H24N4O2. The van der Waals surface area contributed by atoms with Crippen molar-refractivity contribution in [1.82, 2.24) is 10.6 Å². The van der Waals surface area contributed by atoms with Gasteiger partial charge in [-0.1, -0.05) is 6.07 Å². The van der Waals surface area contributed by atoms with Gasteiger partial charge in [-0.2, -0.15) is 5.26 Å². The number of benzene rings is 1. The van der Waals surface area contributed by atoms with Crippen LogP contribution in [0.15, 0.2) is 18.2 Å². The second kappa shape index (κ2) is 6.75. The molecule has 25 heavy (non-hydrogen) atoms. The molecule has 6 nitrogen and oxygen atoms in total. The molecule has 6 heteroatoms. The van der Waals surface area contributed by atoms with Gasteiger partial charge in [0.25, 0.3) is 5.91 Å². The van der Waals surface area contributed by atoms with E-state index in [2.05, 4.69) is 22.0 Å². The van der Waals surface area contributed by atoms with Gasteiger partial charge in [-0.15, -0.1) is 0 Å². The molecule has 1 atom stereocenters. The van der Waals surface area contributed by atoms with Gasteiger partial charge in [0, 0.05) is 17.3 Å². The minimum absolute atomic E-state index is 0.0680. The van der Waals surface area contributed by atoms with Gasteiger partial charge >= 0.3 is 0 Å². The fraction of sp³-hybridized carbons (Fsp3) is 0.526. The summed E-state index contributed by atoms with van der Waals surface area (Å²) in [5, 5.41) is 18.2. The van der Waals surface area contributed by atoms with Gasteiger partial charge in [0.05, 0.1) is 12.6 Å². The Balaban J connectivity index is 1.59. The second-order valence-electron chi connectivity index (χ2n) is 7.27. The zero-order valence-electron chi connectivity index (χ0n) is 14.7. The molecule has 0 aliphatic heterocycles. The van der Waals surface area contributed by atoms with Gasteiger partial charge in [-0.3, -0.25) is 9.59 Å².